The predicted molar refractivity (Wildman–Crippen MR) is 116 cm³/mol. The van der Waals surface area contributed by atoms with Crippen LogP contribution in [0.3, 0.4) is 0 Å². The van der Waals surface area contributed by atoms with Gasteiger partial charge in [-0.25, -0.2) is 0 Å². The molecule has 0 atom stereocenters. The van der Waals surface area contributed by atoms with Crippen LogP contribution in [-0.4, -0.2) is 5.11 Å². The van der Waals surface area contributed by atoms with Crippen molar-refractivity contribution in [1.82, 2.24) is 0 Å². The maximum atomic E-state index is 12.7. The monoisotopic (exact) mass is 374 g/mol. The maximum absolute atomic E-state index is 12.7. The lowest BCUT2D eigenvalue weighted by Crippen LogP contribution is -2.41. The van der Waals surface area contributed by atoms with E-state index in [-0.39, 0.29) is 5.92 Å². The van der Waals surface area contributed by atoms with Gasteiger partial charge in [0, 0.05) is 5.92 Å². The average Bonchev–Trinajstić information content (AvgIpc) is 2.77. The summed E-state index contributed by atoms with van der Waals surface area (Å²) in [5, 5.41) is 12.7. The van der Waals surface area contributed by atoms with Gasteiger partial charge in [-0.15, -0.1) is 0 Å². The van der Waals surface area contributed by atoms with E-state index in [9.17, 15) is 5.11 Å². The van der Waals surface area contributed by atoms with Crippen molar-refractivity contribution >= 4 is 0 Å². The summed E-state index contributed by atoms with van der Waals surface area (Å²) in [5.74, 6) is -0.133. The average molecular weight is 374 g/mol. The van der Waals surface area contributed by atoms with Crippen LogP contribution < -0.4 is 0 Å². The molecule has 2 aliphatic carbocycles. The first-order valence-corrected chi connectivity index (χ1v) is 10.3. The fourth-order valence-corrected chi connectivity index (χ4v) is 5.53. The van der Waals surface area contributed by atoms with Crippen molar-refractivity contribution in [3.8, 4) is 0 Å². The Morgan fingerprint density at radius 2 is 0.897 bits per heavy atom. The fraction of sp³-hybridized carbons (Fsp3) is 0.143. The summed E-state index contributed by atoms with van der Waals surface area (Å²) >= 11 is 0. The highest BCUT2D eigenvalue weighted by atomic mass is 16.3. The molecule has 4 aromatic carbocycles. The zero-order valence-electron chi connectivity index (χ0n) is 16.2. The minimum Gasteiger partial charge on any atom is -0.379 e. The van der Waals surface area contributed by atoms with E-state index in [0.717, 1.165) is 24.0 Å². The molecule has 6 rings (SSSR count). The summed E-state index contributed by atoms with van der Waals surface area (Å²) in [7, 11) is 0. The van der Waals surface area contributed by atoms with E-state index in [4.69, 9.17) is 0 Å². The highest BCUT2D eigenvalue weighted by molar-refractivity contribution is 5.60. The van der Waals surface area contributed by atoms with Crippen LogP contribution in [0.5, 0.6) is 0 Å². The molecular formula is C28H22O. The van der Waals surface area contributed by atoms with Crippen LogP contribution in [0.15, 0.2) is 97.1 Å². The highest BCUT2D eigenvalue weighted by Gasteiger charge is 2.48. The minimum absolute atomic E-state index is 0.133. The summed E-state index contributed by atoms with van der Waals surface area (Å²) in [4.78, 5) is 0. The molecule has 0 saturated heterocycles. The summed E-state index contributed by atoms with van der Waals surface area (Å²) in [6.07, 6.45) is 1.78. The zero-order valence-corrected chi connectivity index (χ0v) is 16.2. The summed E-state index contributed by atoms with van der Waals surface area (Å²) in [5.41, 5.74) is 8.50. The first-order valence-electron chi connectivity index (χ1n) is 10.3. The second kappa shape index (κ2) is 6.17. The van der Waals surface area contributed by atoms with Crippen LogP contribution in [0.4, 0.5) is 0 Å². The minimum atomic E-state index is -1.10. The highest BCUT2D eigenvalue weighted by Crippen LogP contribution is 2.53. The molecule has 0 amide bonds. The number of aliphatic hydroxyl groups is 1. The van der Waals surface area contributed by atoms with Gasteiger partial charge < -0.3 is 5.11 Å². The molecule has 29 heavy (non-hydrogen) atoms. The van der Waals surface area contributed by atoms with E-state index in [2.05, 4.69) is 97.1 Å². The molecular weight excluding hydrogens is 352 g/mol. The number of rotatable bonds is 1. The van der Waals surface area contributed by atoms with Crippen LogP contribution in [0.1, 0.15) is 50.4 Å². The first kappa shape index (κ1) is 16.8. The van der Waals surface area contributed by atoms with Gasteiger partial charge in [0.25, 0.3) is 0 Å². The zero-order chi connectivity index (χ0) is 19.4. The van der Waals surface area contributed by atoms with E-state index in [0.29, 0.717) is 0 Å². The number of hydrogen-bond donors (Lipinski definition) is 1. The Morgan fingerprint density at radius 3 is 1.41 bits per heavy atom. The van der Waals surface area contributed by atoms with Gasteiger partial charge in [0.2, 0.25) is 0 Å². The maximum Gasteiger partial charge on any atom is 0.126 e. The number of fused-ring (bicyclic) bond motifs is 4. The van der Waals surface area contributed by atoms with Gasteiger partial charge in [-0.3, -0.25) is 0 Å². The van der Waals surface area contributed by atoms with Crippen LogP contribution in [-0.2, 0) is 18.4 Å². The van der Waals surface area contributed by atoms with Gasteiger partial charge >= 0.3 is 0 Å². The van der Waals surface area contributed by atoms with Crippen molar-refractivity contribution in [2.75, 3.05) is 0 Å². The van der Waals surface area contributed by atoms with Gasteiger partial charge in [-0.2, -0.15) is 0 Å². The second-order valence-corrected chi connectivity index (χ2v) is 8.26. The molecule has 1 N–H and O–H groups in total. The standard InChI is InChI=1S/C28H22O/c29-28(25-15-7-3-11-21(25)18-22-12-4-8-16-26(22)28)27-23-13-5-1-9-19(23)17-20-10-2-6-14-24(20)27/h1-16,27,29H,17-18H2. The summed E-state index contributed by atoms with van der Waals surface area (Å²) in [6.45, 7) is 0. The molecule has 0 heterocycles. The van der Waals surface area contributed by atoms with Crippen LogP contribution in [0.25, 0.3) is 0 Å². The van der Waals surface area contributed by atoms with Crippen molar-refractivity contribution in [3.63, 3.8) is 0 Å². The Hall–Kier alpha value is -3.16. The summed E-state index contributed by atoms with van der Waals surface area (Å²) < 4.78 is 0. The van der Waals surface area contributed by atoms with Gasteiger partial charge in [0.1, 0.15) is 5.60 Å². The topological polar surface area (TPSA) is 20.2 Å². The van der Waals surface area contributed by atoms with Gasteiger partial charge in [0.15, 0.2) is 0 Å². The molecule has 4 aromatic rings. The fourth-order valence-electron chi connectivity index (χ4n) is 5.53. The van der Waals surface area contributed by atoms with E-state index >= 15 is 0 Å². The molecule has 0 spiro atoms. The van der Waals surface area contributed by atoms with E-state index in [1.54, 1.807) is 0 Å². The molecule has 0 aliphatic heterocycles. The lowest BCUT2D eigenvalue weighted by Gasteiger charge is -2.45. The quantitative estimate of drug-likeness (QED) is 0.462. The van der Waals surface area contributed by atoms with Crippen molar-refractivity contribution in [1.29, 1.82) is 0 Å². The Bertz CT molecular complexity index is 1150. The lowest BCUT2D eigenvalue weighted by atomic mass is 9.61. The summed E-state index contributed by atoms with van der Waals surface area (Å²) in [6, 6.07) is 34.1. The van der Waals surface area contributed by atoms with Gasteiger partial charge in [-0.05, 0) is 57.3 Å². The molecule has 1 nitrogen and oxygen atoms in total. The van der Waals surface area contributed by atoms with Crippen LogP contribution in [0, 0.1) is 0 Å². The predicted octanol–water partition coefficient (Wildman–Crippen LogP) is 5.56. The lowest BCUT2D eigenvalue weighted by molar-refractivity contribution is 0.0573. The number of benzene rings is 4. The normalized spacial score (nSPS) is 16.3. The Balaban J connectivity index is 1.71. The van der Waals surface area contributed by atoms with E-state index in [1.165, 1.54) is 33.4 Å². The third-order valence-corrected chi connectivity index (χ3v) is 6.77. The molecule has 140 valence electrons. The third-order valence-electron chi connectivity index (χ3n) is 6.77. The molecule has 1 heteroatoms. The molecule has 0 fully saturated rings. The van der Waals surface area contributed by atoms with Crippen molar-refractivity contribution in [3.05, 3.63) is 142 Å². The second-order valence-electron chi connectivity index (χ2n) is 8.26. The van der Waals surface area contributed by atoms with Crippen molar-refractivity contribution < 1.29 is 5.11 Å². The Labute approximate surface area is 171 Å². The molecule has 0 bridgehead atoms. The van der Waals surface area contributed by atoms with Gasteiger partial charge in [0.05, 0.1) is 0 Å². The first-order chi connectivity index (χ1) is 14.3. The Kier molecular flexibility index (Phi) is 3.57. The van der Waals surface area contributed by atoms with Crippen molar-refractivity contribution in [2.24, 2.45) is 0 Å². The third kappa shape index (κ3) is 2.31. The van der Waals surface area contributed by atoms with E-state index < -0.39 is 5.60 Å². The molecule has 0 saturated carbocycles. The number of hydrogen-bond acceptors (Lipinski definition) is 1. The van der Waals surface area contributed by atoms with Crippen LogP contribution >= 0.6 is 0 Å². The SMILES string of the molecule is OC1(C2c3ccccc3Cc3ccccc32)c2ccccc2Cc2ccccc21. The van der Waals surface area contributed by atoms with Crippen molar-refractivity contribution in [2.45, 2.75) is 24.4 Å². The molecule has 0 radical (unpaired) electrons. The van der Waals surface area contributed by atoms with Crippen LogP contribution in [0.2, 0.25) is 0 Å². The van der Waals surface area contributed by atoms with E-state index in [1.807, 2.05) is 0 Å². The Morgan fingerprint density at radius 1 is 0.517 bits per heavy atom. The molecule has 0 unspecified atom stereocenters. The molecule has 0 aromatic heterocycles. The molecule has 2 aliphatic rings. The largest absolute Gasteiger partial charge is 0.379 e. The van der Waals surface area contributed by atoms with Gasteiger partial charge in [-0.1, -0.05) is 97.1 Å². The smallest absolute Gasteiger partial charge is 0.126 e.